The third-order valence-corrected chi connectivity index (χ3v) is 6.35. The fourth-order valence-corrected chi connectivity index (χ4v) is 4.69. The molecular formula is C24H32N2O4. The summed E-state index contributed by atoms with van der Waals surface area (Å²) in [7, 11) is 1.60. The van der Waals surface area contributed by atoms with E-state index in [1.807, 2.05) is 12.1 Å². The van der Waals surface area contributed by atoms with Crippen LogP contribution < -0.4 is 20.3 Å². The molecule has 1 fully saturated rings. The molecule has 4 rings (SSSR count). The van der Waals surface area contributed by atoms with Crippen LogP contribution in [0.25, 0.3) is 10.9 Å². The molecule has 162 valence electrons. The maximum atomic E-state index is 13.4. The lowest BCUT2D eigenvalue weighted by atomic mass is 9.96. The van der Waals surface area contributed by atoms with E-state index in [9.17, 15) is 9.59 Å². The number of ether oxygens (including phenoxy) is 2. The summed E-state index contributed by atoms with van der Waals surface area (Å²) in [4.78, 5) is 26.5. The molecule has 2 aliphatic rings. The number of rotatable bonds is 3. The molecule has 0 radical (unpaired) electrons. The fourth-order valence-electron chi connectivity index (χ4n) is 4.69. The smallest absolute Gasteiger partial charge is 0.264 e. The van der Waals surface area contributed by atoms with E-state index in [4.69, 9.17) is 9.47 Å². The van der Waals surface area contributed by atoms with E-state index in [1.165, 1.54) is 19.3 Å². The number of carbonyl (C=O) groups is 1. The standard InChI is InChI=1S/C24H32N2O4/c1-29-20-13-12-17-16-19(23(27)25-18-10-6-3-2-4-7-11-18)24(28)26-14-8-5-9-15-30-22(20)21(17)26/h12-13,16,18H,2-11,14-15H2,1H3,(H,25,27). The number of benzene rings is 1. The van der Waals surface area contributed by atoms with Gasteiger partial charge in [-0.25, -0.2) is 0 Å². The Morgan fingerprint density at radius 2 is 1.80 bits per heavy atom. The van der Waals surface area contributed by atoms with Crippen LogP contribution in [0.4, 0.5) is 0 Å². The van der Waals surface area contributed by atoms with Gasteiger partial charge in [0.2, 0.25) is 0 Å². The molecule has 0 unspecified atom stereocenters. The van der Waals surface area contributed by atoms with Crippen molar-refractivity contribution in [1.82, 2.24) is 9.88 Å². The summed E-state index contributed by atoms with van der Waals surface area (Å²) in [5.74, 6) is 0.958. The summed E-state index contributed by atoms with van der Waals surface area (Å²) in [6.45, 7) is 1.16. The molecule has 1 aromatic heterocycles. The van der Waals surface area contributed by atoms with Crippen LogP contribution in [0.5, 0.6) is 11.5 Å². The lowest BCUT2D eigenvalue weighted by molar-refractivity contribution is 0.0928. The van der Waals surface area contributed by atoms with Crippen molar-refractivity contribution in [3.8, 4) is 11.5 Å². The second kappa shape index (κ2) is 9.54. The van der Waals surface area contributed by atoms with Gasteiger partial charge < -0.3 is 19.4 Å². The van der Waals surface area contributed by atoms with Crippen molar-refractivity contribution in [2.24, 2.45) is 0 Å². The molecule has 1 saturated carbocycles. The van der Waals surface area contributed by atoms with Crippen LogP contribution in [-0.4, -0.2) is 30.2 Å². The molecule has 0 spiro atoms. The largest absolute Gasteiger partial charge is 0.493 e. The van der Waals surface area contributed by atoms with Crippen LogP contribution in [0.2, 0.25) is 0 Å². The van der Waals surface area contributed by atoms with Gasteiger partial charge in [0.05, 0.1) is 19.2 Å². The van der Waals surface area contributed by atoms with E-state index in [1.54, 1.807) is 17.7 Å². The molecular weight excluding hydrogens is 380 g/mol. The van der Waals surface area contributed by atoms with Gasteiger partial charge in [-0.3, -0.25) is 9.59 Å². The van der Waals surface area contributed by atoms with Crippen LogP contribution in [0.3, 0.4) is 0 Å². The quantitative estimate of drug-likeness (QED) is 0.810. The summed E-state index contributed by atoms with van der Waals surface area (Å²) in [5, 5.41) is 3.98. The molecule has 1 N–H and O–H groups in total. The third kappa shape index (κ3) is 4.32. The Balaban J connectivity index is 1.73. The summed E-state index contributed by atoms with van der Waals surface area (Å²) < 4.78 is 13.2. The number of carbonyl (C=O) groups excluding carboxylic acids is 1. The lowest BCUT2D eigenvalue weighted by Gasteiger charge is -2.22. The van der Waals surface area contributed by atoms with E-state index in [-0.39, 0.29) is 23.1 Å². The molecule has 1 amide bonds. The van der Waals surface area contributed by atoms with Crippen molar-refractivity contribution in [2.45, 2.75) is 76.8 Å². The first-order valence-corrected chi connectivity index (χ1v) is 11.4. The van der Waals surface area contributed by atoms with Crippen LogP contribution in [0, 0.1) is 0 Å². The normalized spacial score (nSPS) is 18.3. The second-order valence-electron chi connectivity index (χ2n) is 8.47. The zero-order valence-corrected chi connectivity index (χ0v) is 17.9. The molecule has 0 bridgehead atoms. The van der Waals surface area contributed by atoms with E-state index in [2.05, 4.69) is 5.32 Å². The fraction of sp³-hybridized carbons (Fsp3) is 0.583. The summed E-state index contributed by atoms with van der Waals surface area (Å²) in [6.07, 6.45) is 10.7. The van der Waals surface area contributed by atoms with Crippen molar-refractivity contribution >= 4 is 16.8 Å². The van der Waals surface area contributed by atoms with E-state index in [0.717, 1.165) is 55.8 Å². The minimum atomic E-state index is -0.255. The Morgan fingerprint density at radius 1 is 1.07 bits per heavy atom. The highest BCUT2D eigenvalue weighted by atomic mass is 16.5. The second-order valence-corrected chi connectivity index (χ2v) is 8.47. The minimum absolute atomic E-state index is 0.151. The van der Waals surface area contributed by atoms with Crippen molar-refractivity contribution < 1.29 is 14.3 Å². The van der Waals surface area contributed by atoms with Crippen molar-refractivity contribution in [3.63, 3.8) is 0 Å². The van der Waals surface area contributed by atoms with Crippen LogP contribution in [0.15, 0.2) is 23.0 Å². The number of aromatic nitrogens is 1. The predicted octanol–water partition coefficient (Wildman–Crippen LogP) is 4.42. The molecule has 6 heteroatoms. The van der Waals surface area contributed by atoms with Gasteiger partial charge in [-0.05, 0) is 50.3 Å². The van der Waals surface area contributed by atoms with Gasteiger partial charge in [-0.15, -0.1) is 0 Å². The lowest BCUT2D eigenvalue weighted by Crippen LogP contribution is -2.39. The molecule has 1 aromatic carbocycles. The first-order valence-electron chi connectivity index (χ1n) is 11.4. The Hall–Kier alpha value is -2.50. The number of amides is 1. The molecule has 6 nitrogen and oxygen atoms in total. The first kappa shape index (κ1) is 20.8. The van der Waals surface area contributed by atoms with Gasteiger partial charge in [-0.2, -0.15) is 0 Å². The maximum absolute atomic E-state index is 13.4. The molecule has 30 heavy (non-hydrogen) atoms. The number of aryl methyl sites for hydroxylation is 1. The molecule has 0 saturated heterocycles. The molecule has 0 atom stereocenters. The Kier molecular flexibility index (Phi) is 6.60. The summed E-state index contributed by atoms with van der Waals surface area (Å²) in [5.41, 5.74) is 0.703. The zero-order chi connectivity index (χ0) is 20.9. The van der Waals surface area contributed by atoms with E-state index < -0.39 is 0 Å². The Bertz CT molecular complexity index is 958. The molecule has 2 heterocycles. The topological polar surface area (TPSA) is 69.6 Å². The number of hydrogen-bond donors (Lipinski definition) is 1. The molecule has 1 aliphatic carbocycles. The van der Waals surface area contributed by atoms with Gasteiger partial charge in [0.25, 0.3) is 11.5 Å². The maximum Gasteiger partial charge on any atom is 0.264 e. The molecule has 1 aliphatic heterocycles. The molecule has 2 aromatic rings. The summed E-state index contributed by atoms with van der Waals surface area (Å²) >= 11 is 0. The van der Waals surface area contributed by atoms with Crippen LogP contribution in [0.1, 0.15) is 74.6 Å². The van der Waals surface area contributed by atoms with Gasteiger partial charge in [0.1, 0.15) is 5.56 Å². The number of methoxy groups -OCH3 is 1. The van der Waals surface area contributed by atoms with E-state index in [0.29, 0.717) is 24.7 Å². The minimum Gasteiger partial charge on any atom is -0.493 e. The van der Waals surface area contributed by atoms with Gasteiger partial charge in [0.15, 0.2) is 11.5 Å². The average molecular weight is 413 g/mol. The Labute approximate surface area is 177 Å². The highest BCUT2D eigenvalue weighted by Crippen LogP contribution is 2.36. The number of hydrogen-bond acceptors (Lipinski definition) is 4. The van der Waals surface area contributed by atoms with Gasteiger partial charge in [0, 0.05) is 18.0 Å². The van der Waals surface area contributed by atoms with Crippen LogP contribution >= 0.6 is 0 Å². The number of pyridine rings is 1. The zero-order valence-electron chi connectivity index (χ0n) is 17.9. The summed E-state index contributed by atoms with van der Waals surface area (Å²) in [6, 6.07) is 5.62. The SMILES string of the molecule is COc1ccc2cc(C(=O)NC3CCCCCCC3)c(=O)n3c2c1OCCCCC3. The number of nitrogens with zero attached hydrogens (tertiary/aromatic N) is 1. The predicted molar refractivity (Wildman–Crippen MR) is 118 cm³/mol. The third-order valence-electron chi connectivity index (χ3n) is 6.35. The van der Waals surface area contributed by atoms with Crippen molar-refractivity contribution in [1.29, 1.82) is 0 Å². The van der Waals surface area contributed by atoms with Gasteiger partial charge in [-0.1, -0.05) is 32.1 Å². The highest BCUT2D eigenvalue weighted by Gasteiger charge is 2.23. The van der Waals surface area contributed by atoms with Crippen molar-refractivity contribution in [3.05, 3.63) is 34.1 Å². The van der Waals surface area contributed by atoms with Gasteiger partial charge >= 0.3 is 0 Å². The number of nitrogens with one attached hydrogen (secondary N) is 1. The van der Waals surface area contributed by atoms with E-state index >= 15 is 0 Å². The highest BCUT2D eigenvalue weighted by molar-refractivity contribution is 5.99. The van der Waals surface area contributed by atoms with Crippen LogP contribution in [-0.2, 0) is 6.54 Å². The first-order chi connectivity index (χ1) is 14.7. The average Bonchev–Trinajstić information content (AvgIpc) is 2.83. The van der Waals surface area contributed by atoms with Crippen molar-refractivity contribution in [2.75, 3.05) is 13.7 Å². The monoisotopic (exact) mass is 412 g/mol. The Morgan fingerprint density at radius 3 is 2.57 bits per heavy atom.